The predicted molar refractivity (Wildman–Crippen MR) is 119 cm³/mol. The standard InChI is InChI=1S/C25H25N3O2/c1-17(2)16-28-22(15-26)24(18-8-4-3-5-9-18)21-14-19(11-12-20(21)25(28)30)27-13-7-6-10-23(27)29/h3-5,8-9,11-12,14,17H,6-7,10,13,16H2,1-2H3. The third-order valence-corrected chi connectivity index (χ3v) is 5.61. The Bertz CT molecular complexity index is 1200. The first-order valence-corrected chi connectivity index (χ1v) is 10.5. The van der Waals surface area contributed by atoms with E-state index in [1.54, 1.807) is 15.5 Å². The van der Waals surface area contributed by atoms with E-state index in [9.17, 15) is 14.9 Å². The Labute approximate surface area is 176 Å². The smallest absolute Gasteiger partial charge is 0.259 e. The Morgan fingerprint density at radius 3 is 2.47 bits per heavy atom. The number of rotatable bonds is 4. The van der Waals surface area contributed by atoms with Gasteiger partial charge in [-0.3, -0.25) is 14.2 Å². The second kappa shape index (κ2) is 8.16. The van der Waals surface area contributed by atoms with Crippen molar-refractivity contribution in [1.82, 2.24) is 4.57 Å². The van der Waals surface area contributed by atoms with Gasteiger partial charge in [-0.2, -0.15) is 5.26 Å². The first-order chi connectivity index (χ1) is 14.5. The normalized spacial score (nSPS) is 14.3. The number of nitrogens with zero attached hydrogens (tertiary/aromatic N) is 3. The average Bonchev–Trinajstić information content (AvgIpc) is 2.75. The maximum absolute atomic E-state index is 13.3. The van der Waals surface area contributed by atoms with Gasteiger partial charge in [0, 0.05) is 36.1 Å². The van der Waals surface area contributed by atoms with Crippen LogP contribution in [0.25, 0.3) is 21.9 Å². The highest BCUT2D eigenvalue weighted by molar-refractivity contribution is 6.02. The van der Waals surface area contributed by atoms with Crippen LogP contribution in [0, 0.1) is 17.2 Å². The van der Waals surface area contributed by atoms with E-state index >= 15 is 0 Å². The molecule has 0 bridgehead atoms. The molecule has 3 aromatic rings. The number of hydrogen-bond donors (Lipinski definition) is 0. The number of nitriles is 1. The van der Waals surface area contributed by atoms with Gasteiger partial charge in [-0.15, -0.1) is 0 Å². The number of benzene rings is 2. The quantitative estimate of drug-likeness (QED) is 0.638. The SMILES string of the molecule is CC(C)Cn1c(C#N)c(-c2ccccc2)c2cc(N3CCCCC3=O)ccc2c1=O. The van der Waals surface area contributed by atoms with Crippen molar-refractivity contribution in [3.05, 3.63) is 64.6 Å². The van der Waals surface area contributed by atoms with Gasteiger partial charge in [-0.25, -0.2) is 0 Å². The predicted octanol–water partition coefficient (Wildman–Crippen LogP) is 4.71. The monoisotopic (exact) mass is 399 g/mol. The van der Waals surface area contributed by atoms with Gasteiger partial charge in [-0.05, 0) is 47.9 Å². The molecule has 5 nitrogen and oxygen atoms in total. The third-order valence-electron chi connectivity index (χ3n) is 5.61. The molecule has 0 saturated carbocycles. The molecule has 2 aromatic carbocycles. The van der Waals surface area contributed by atoms with Gasteiger partial charge >= 0.3 is 0 Å². The zero-order chi connectivity index (χ0) is 21.3. The van der Waals surface area contributed by atoms with Crippen LogP contribution in [0.5, 0.6) is 0 Å². The van der Waals surface area contributed by atoms with Gasteiger partial charge in [0.05, 0.1) is 0 Å². The maximum Gasteiger partial charge on any atom is 0.259 e. The Morgan fingerprint density at radius 2 is 1.80 bits per heavy atom. The van der Waals surface area contributed by atoms with Gasteiger partial charge in [0.1, 0.15) is 11.8 Å². The molecule has 2 heterocycles. The lowest BCUT2D eigenvalue weighted by atomic mass is 9.95. The van der Waals surface area contributed by atoms with Crippen LogP contribution in [-0.2, 0) is 11.3 Å². The van der Waals surface area contributed by atoms with E-state index in [4.69, 9.17) is 0 Å². The number of aromatic nitrogens is 1. The van der Waals surface area contributed by atoms with Crippen LogP contribution in [0.2, 0.25) is 0 Å². The Balaban J connectivity index is 2.05. The third kappa shape index (κ3) is 3.50. The Morgan fingerprint density at radius 1 is 1.03 bits per heavy atom. The molecule has 1 aromatic heterocycles. The maximum atomic E-state index is 13.3. The minimum atomic E-state index is -0.161. The van der Waals surface area contributed by atoms with Crippen LogP contribution < -0.4 is 10.5 Å². The lowest BCUT2D eigenvalue weighted by Crippen LogP contribution is -2.35. The number of carbonyl (C=O) groups excluding carboxylic acids is 1. The summed E-state index contributed by atoms with van der Waals surface area (Å²) in [7, 11) is 0. The number of amides is 1. The largest absolute Gasteiger partial charge is 0.312 e. The minimum absolute atomic E-state index is 0.107. The van der Waals surface area contributed by atoms with Gasteiger partial charge in [0.25, 0.3) is 5.56 Å². The van der Waals surface area contributed by atoms with Crippen LogP contribution in [-0.4, -0.2) is 17.0 Å². The second-order valence-electron chi connectivity index (χ2n) is 8.24. The molecule has 0 aliphatic carbocycles. The van der Waals surface area contributed by atoms with Gasteiger partial charge in [0.15, 0.2) is 0 Å². The summed E-state index contributed by atoms with van der Waals surface area (Å²) in [6.07, 6.45) is 2.43. The fourth-order valence-electron chi connectivity index (χ4n) is 4.23. The summed E-state index contributed by atoms with van der Waals surface area (Å²) in [6.45, 7) is 5.22. The molecular formula is C25H25N3O2. The summed E-state index contributed by atoms with van der Waals surface area (Å²) in [5.41, 5.74) is 2.63. The number of hydrogen-bond acceptors (Lipinski definition) is 3. The van der Waals surface area contributed by atoms with Crippen molar-refractivity contribution in [2.75, 3.05) is 11.4 Å². The van der Waals surface area contributed by atoms with Crippen LogP contribution in [0.1, 0.15) is 38.8 Å². The Kier molecular flexibility index (Phi) is 5.41. The molecule has 1 aliphatic heterocycles. The lowest BCUT2D eigenvalue weighted by Gasteiger charge is -2.27. The van der Waals surface area contributed by atoms with Crippen molar-refractivity contribution in [3.8, 4) is 17.2 Å². The summed E-state index contributed by atoms with van der Waals surface area (Å²) in [4.78, 5) is 27.6. The van der Waals surface area contributed by atoms with E-state index < -0.39 is 0 Å². The number of anilines is 1. The first-order valence-electron chi connectivity index (χ1n) is 10.5. The van der Waals surface area contributed by atoms with Crippen molar-refractivity contribution in [1.29, 1.82) is 5.26 Å². The molecule has 0 radical (unpaired) electrons. The molecule has 0 N–H and O–H groups in total. The van der Waals surface area contributed by atoms with Crippen molar-refractivity contribution in [2.24, 2.45) is 5.92 Å². The highest BCUT2D eigenvalue weighted by atomic mass is 16.2. The molecule has 152 valence electrons. The van der Waals surface area contributed by atoms with E-state index in [-0.39, 0.29) is 17.4 Å². The molecule has 1 saturated heterocycles. The summed E-state index contributed by atoms with van der Waals surface area (Å²) < 4.78 is 1.60. The van der Waals surface area contributed by atoms with E-state index in [2.05, 4.69) is 6.07 Å². The molecule has 0 unspecified atom stereocenters. The fraction of sp³-hybridized carbons (Fsp3) is 0.320. The molecule has 1 amide bonds. The topological polar surface area (TPSA) is 66.1 Å². The molecule has 30 heavy (non-hydrogen) atoms. The number of fused-ring (bicyclic) bond motifs is 1. The summed E-state index contributed by atoms with van der Waals surface area (Å²) >= 11 is 0. The minimum Gasteiger partial charge on any atom is -0.312 e. The molecule has 0 atom stereocenters. The first kappa shape index (κ1) is 19.9. The summed E-state index contributed by atoms with van der Waals surface area (Å²) in [5, 5.41) is 11.3. The Hall–Kier alpha value is -3.39. The van der Waals surface area contributed by atoms with Crippen molar-refractivity contribution in [2.45, 2.75) is 39.7 Å². The van der Waals surface area contributed by atoms with Crippen LogP contribution in [0.3, 0.4) is 0 Å². The van der Waals surface area contributed by atoms with Crippen LogP contribution in [0.15, 0.2) is 53.3 Å². The van der Waals surface area contributed by atoms with Crippen molar-refractivity contribution >= 4 is 22.4 Å². The van der Waals surface area contributed by atoms with Gasteiger partial charge in [-0.1, -0.05) is 44.2 Å². The number of carbonyl (C=O) groups is 1. The zero-order valence-corrected chi connectivity index (χ0v) is 17.4. The van der Waals surface area contributed by atoms with Crippen LogP contribution >= 0.6 is 0 Å². The van der Waals surface area contributed by atoms with Crippen molar-refractivity contribution < 1.29 is 4.79 Å². The van der Waals surface area contributed by atoms with E-state index in [1.165, 1.54) is 0 Å². The van der Waals surface area contributed by atoms with Gasteiger partial charge < -0.3 is 4.90 Å². The summed E-state index contributed by atoms with van der Waals surface area (Å²) in [6, 6.07) is 17.6. The lowest BCUT2D eigenvalue weighted by molar-refractivity contribution is -0.119. The van der Waals surface area contributed by atoms with E-state index in [0.29, 0.717) is 30.6 Å². The molecule has 1 aliphatic rings. The second-order valence-corrected chi connectivity index (χ2v) is 8.24. The fourth-order valence-corrected chi connectivity index (χ4v) is 4.23. The number of pyridine rings is 1. The van der Waals surface area contributed by atoms with Gasteiger partial charge in [0.2, 0.25) is 5.91 Å². The van der Waals surface area contributed by atoms with E-state index in [1.807, 2.05) is 56.3 Å². The zero-order valence-electron chi connectivity index (χ0n) is 17.4. The molecular weight excluding hydrogens is 374 g/mol. The highest BCUT2D eigenvalue weighted by Crippen LogP contribution is 2.34. The van der Waals surface area contributed by atoms with Crippen LogP contribution in [0.4, 0.5) is 5.69 Å². The van der Waals surface area contributed by atoms with Crippen molar-refractivity contribution in [3.63, 3.8) is 0 Å². The molecule has 5 heteroatoms. The highest BCUT2D eigenvalue weighted by Gasteiger charge is 2.23. The summed E-state index contributed by atoms with van der Waals surface area (Å²) in [5.74, 6) is 0.330. The van der Waals surface area contributed by atoms with E-state index in [0.717, 1.165) is 35.0 Å². The molecule has 4 rings (SSSR count). The molecule has 1 fully saturated rings. The number of piperidine rings is 1. The average molecular weight is 399 g/mol. The molecule has 0 spiro atoms.